The van der Waals surface area contributed by atoms with Gasteiger partial charge in [0.1, 0.15) is 0 Å². The van der Waals surface area contributed by atoms with Crippen molar-refractivity contribution in [1.29, 1.82) is 0 Å². The number of hydrogen-bond acceptors (Lipinski definition) is 2. The predicted octanol–water partition coefficient (Wildman–Crippen LogP) is 14.5. The number of unbranched alkanes of at least 4 members (excludes halogenated alkanes) is 34. The van der Waals surface area contributed by atoms with E-state index in [0.717, 1.165) is 19.3 Å². The van der Waals surface area contributed by atoms with Crippen LogP contribution in [0.25, 0.3) is 0 Å². The fourth-order valence-corrected chi connectivity index (χ4v) is 6.19. The van der Waals surface area contributed by atoms with Gasteiger partial charge in [-0.25, -0.2) is 0 Å². The van der Waals surface area contributed by atoms with E-state index in [0.29, 0.717) is 13.0 Å². The van der Waals surface area contributed by atoms with Crippen LogP contribution in [0.15, 0.2) is 0 Å². The average molecular weight is 625 g/mol. The Morgan fingerprint density at radius 1 is 0.318 bits per heavy atom. The number of carbonyl (C=O) groups is 1. The minimum atomic E-state index is -0.650. The monoisotopic (exact) mass is 625 g/mol. The van der Waals surface area contributed by atoms with E-state index in [1.165, 1.54) is 212 Å². The van der Waals surface area contributed by atoms with Crippen LogP contribution in [0.5, 0.6) is 0 Å². The fourth-order valence-electron chi connectivity index (χ4n) is 6.19. The van der Waals surface area contributed by atoms with Crippen molar-refractivity contribution in [3.63, 3.8) is 0 Å². The van der Waals surface area contributed by atoms with Crippen LogP contribution >= 0.6 is 0 Å². The first-order valence-corrected chi connectivity index (χ1v) is 20.5. The van der Waals surface area contributed by atoms with Crippen molar-refractivity contribution in [3.05, 3.63) is 0 Å². The Morgan fingerprint density at radius 2 is 0.500 bits per heavy atom. The molecule has 2 N–H and O–H groups in total. The minimum Gasteiger partial charge on any atom is -0.481 e. The molecule has 0 aromatic carbocycles. The van der Waals surface area contributed by atoms with Crippen molar-refractivity contribution in [3.8, 4) is 0 Å². The first-order valence-electron chi connectivity index (χ1n) is 20.5. The fraction of sp³-hybridized carbons (Fsp3) is 0.976. The van der Waals surface area contributed by atoms with E-state index in [-0.39, 0.29) is 0 Å². The Kier molecular flexibility index (Phi) is 46.1. The first kappa shape index (κ1) is 45.6. The highest BCUT2D eigenvalue weighted by atomic mass is 16.4. The van der Waals surface area contributed by atoms with E-state index >= 15 is 0 Å². The van der Waals surface area contributed by atoms with E-state index in [1.807, 2.05) is 0 Å². The van der Waals surface area contributed by atoms with Gasteiger partial charge in [-0.2, -0.15) is 0 Å². The number of hydrogen-bond donors (Lipinski definition) is 2. The maximum Gasteiger partial charge on any atom is 0.303 e. The molecule has 0 radical (unpaired) electrons. The molecule has 0 aliphatic rings. The second kappa shape index (κ2) is 44.6. The van der Waals surface area contributed by atoms with Crippen LogP contribution in [0.3, 0.4) is 0 Å². The number of carboxylic acid groups (broad SMARTS) is 1. The number of rotatable bonds is 37. The van der Waals surface area contributed by atoms with Crippen molar-refractivity contribution in [2.75, 3.05) is 6.61 Å². The Balaban J connectivity index is 0. The molecule has 0 amide bonds. The van der Waals surface area contributed by atoms with E-state index in [9.17, 15) is 4.79 Å². The Bertz CT molecular complexity index is 478. The molecule has 0 aliphatic heterocycles. The molecule has 0 unspecified atom stereocenters. The van der Waals surface area contributed by atoms with E-state index in [4.69, 9.17) is 10.2 Å². The van der Waals surface area contributed by atoms with Crippen molar-refractivity contribution in [2.24, 2.45) is 0 Å². The molecule has 3 heteroatoms. The highest BCUT2D eigenvalue weighted by molar-refractivity contribution is 5.66. The predicted molar refractivity (Wildman–Crippen MR) is 197 cm³/mol. The lowest BCUT2D eigenvalue weighted by Gasteiger charge is -2.04. The Labute approximate surface area is 278 Å². The van der Waals surface area contributed by atoms with E-state index < -0.39 is 5.97 Å². The van der Waals surface area contributed by atoms with Crippen LogP contribution < -0.4 is 0 Å². The molecule has 44 heavy (non-hydrogen) atoms. The van der Waals surface area contributed by atoms with Gasteiger partial charge in [-0.05, 0) is 12.8 Å². The second-order valence-corrected chi connectivity index (χ2v) is 13.9. The van der Waals surface area contributed by atoms with Gasteiger partial charge in [0.15, 0.2) is 0 Å². The number of aliphatic hydroxyl groups excluding tert-OH is 1. The molecule has 0 aromatic heterocycles. The summed E-state index contributed by atoms with van der Waals surface area (Å²) in [5.41, 5.74) is 0. The van der Waals surface area contributed by atoms with Crippen LogP contribution in [-0.4, -0.2) is 22.8 Å². The van der Waals surface area contributed by atoms with Gasteiger partial charge in [0.2, 0.25) is 0 Å². The highest BCUT2D eigenvalue weighted by Gasteiger charge is 1.98. The normalized spacial score (nSPS) is 11.1. The molecular weight excluding hydrogens is 540 g/mol. The van der Waals surface area contributed by atoms with Gasteiger partial charge in [-0.15, -0.1) is 0 Å². The second-order valence-electron chi connectivity index (χ2n) is 13.9. The molecule has 0 heterocycles. The summed E-state index contributed by atoms with van der Waals surface area (Å²) >= 11 is 0. The molecular formula is C41H84O3. The lowest BCUT2D eigenvalue weighted by atomic mass is 10.0. The van der Waals surface area contributed by atoms with Crippen molar-refractivity contribution in [1.82, 2.24) is 0 Å². The van der Waals surface area contributed by atoms with Gasteiger partial charge >= 0.3 is 5.97 Å². The maximum atomic E-state index is 10.4. The summed E-state index contributed by atoms with van der Waals surface area (Å²) in [4.78, 5) is 10.4. The molecule has 0 fully saturated rings. The van der Waals surface area contributed by atoms with Crippen molar-refractivity contribution < 1.29 is 15.0 Å². The van der Waals surface area contributed by atoms with E-state index in [1.54, 1.807) is 0 Å². The number of aliphatic hydroxyl groups is 1. The Hall–Kier alpha value is -0.570. The zero-order chi connectivity index (χ0) is 32.4. The number of aliphatic carboxylic acids is 1. The summed E-state index contributed by atoms with van der Waals surface area (Å²) in [5, 5.41) is 17.2. The molecule has 0 bridgehead atoms. The van der Waals surface area contributed by atoms with Gasteiger partial charge in [-0.3, -0.25) is 4.79 Å². The Morgan fingerprint density at radius 3 is 0.682 bits per heavy atom. The summed E-state index contributed by atoms with van der Waals surface area (Å²) in [6, 6.07) is 0. The number of carboxylic acids is 1. The average Bonchev–Trinajstić information content (AvgIpc) is 3.02. The van der Waals surface area contributed by atoms with Gasteiger partial charge in [-0.1, -0.05) is 232 Å². The van der Waals surface area contributed by atoms with Gasteiger partial charge in [0.25, 0.3) is 0 Å². The van der Waals surface area contributed by atoms with Gasteiger partial charge in [0, 0.05) is 13.0 Å². The largest absolute Gasteiger partial charge is 0.481 e. The molecule has 0 atom stereocenters. The van der Waals surface area contributed by atoms with Gasteiger partial charge < -0.3 is 10.2 Å². The quantitative estimate of drug-likeness (QED) is 0.0676. The smallest absolute Gasteiger partial charge is 0.303 e. The zero-order valence-electron chi connectivity index (χ0n) is 30.7. The van der Waals surface area contributed by atoms with Crippen LogP contribution in [0.1, 0.15) is 251 Å². The van der Waals surface area contributed by atoms with Crippen molar-refractivity contribution >= 4 is 5.97 Å². The summed E-state index contributed by atoms with van der Waals surface area (Å²) in [6.07, 6.45) is 49.7. The summed E-state index contributed by atoms with van der Waals surface area (Å²) < 4.78 is 0. The SMILES string of the molecule is CCCCCCCCCCCCCCCCCCCCCCCCC(=O)O.CCCCCCCCCCCCCCCCO. The van der Waals surface area contributed by atoms with Gasteiger partial charge in [0.05, 0.1) is 0 Å². The highest BCUT2D eigenvalue weighted by Crippen LogP contribution is 2.16. The molecule has 0 rings (SSSR count). The maximum absolute atomic E-state index is 10.4. The van der Waals surface area contributed by atoms with E-state index in [2.05, 4.69) is 13.8 Å². The van der Waals surface area contributed by atoms with Crippen LogP contribution in [-0.2, 0) is 4.79 Å². The van der Waals surface area contributed by atoms with Crippen LogP contribution in [0.2, 0.25) is 0 Å². The molecule has 0 spiro atoms. The van der Waals surface area contributed by atoms with Crippen LogP contribution in [0.4, 0.5) is 0 Å². The zero-order valence-corrected chi connectivity index (χ0v) is 30.7. The standard InChI is InChI=1S/C25H50O2.C16H34O/c1-2-3-4-5-6-7-8-9-10-11-12-13-14-15-16-17-18-19-20-21-22-23-24-25(26)27;1-2-3-4-5-6-7-8-9-10-11-12-13-14-15-16-17/h2-24H2,1H3,(H,26,27);17H,2-16H2,1H3. The minimum absolute atomic E-state index is 0.346. The molecule has 0 saturated carbocycles. The topological polar surface area (TPSA) is 57.5 Å². The molecule has 0 aromatic rings. The third kappa shape index (κ3) is 48.3. The molecule has 266 valence electrons. The third-order valence-electron chi connectivity index (χ3n) is 9.26. The lowest BCUT2D eigenvalue weighted by Crippen LogP contribution is -1.93. The molecule has 0 aliphatic carbocycles. The summed E-state index contributed by atoms with van der Waals surface area (Å²) in [5.74, 6) is -0.650. The molecule has 3 nitrogen and oxygen atoms in total. The lowest BCUT2D eigenvalue weighted by molar-refractivity contribution is -0.137. The summed E-state index contributed by atoms with van der Waals surface area (Å²) in [7, 11) is 0. The first-order chi connectivity index (χ1) is 21.7. The molecule has 0 saturated heterocycles. The van der Waals surface area contributed by atoms with Crippen molar-refractivity contribution in [2.45, 2.75) is 251 Å². The summed E-state index contributed by atoms with van der Waals surface area (Å²) in [6.45, 7) is 4.94. The third-order valence-corrected chi connectivity index (χ3v) is 9.26. The van der Waals surface area contributed by atoms with Crippen LogP contribution in [0, 0.1) is 0 Å².